The number of hydrogen-bond donors (Lipinski definition) is 3. The highest BCUT2D eigenvalue weighted by atomic mass is 16.2. The molecule has 0 aromatic rings. The lowest BCUT2D eigenvalue weighted by molar-refractivity contribution is -0.130. The maximum Gasteiger partial charge on any atom is 0.258 e. The molecule has 1 unspecified atom stereocenters. The van der Waals surface area contributed by atoms with Gasteiger partial charge in [-0.2, -0.15) is 0 Å². The lowest BCUT2D eigenvalue weighted by atomic mass is 10.1. The normalized spacial score (nSPS) is 23.4. The van der Waals surface area contributed by atoms with Gasteiger partial charge in [0.1, 0.15) is 6.04 Å². The fraction of sp³-hybridized carbons (Fsp3) is 0.750. The monoisotopic (exact) mass is 200 g/mol. The van der Waals surface area contributed by atoms with Crippen molar-refractivity contribution in [2.75, 3.05) is 13.6 Å². The molecule has 14 heavy (non-hydrogen) atoms. The van der Waals surface area contributed by atoms with Gasteiger partial charge in [-0.05, 0) is 13.8 Å². The Labute approximate surface area is 82.8 Å². The Balaban J connectivity index is 2.54. The summed E-state index contributed by atoms with van der Waals surface area (Å²) in [6, 6.07) is -0.504. The molecule has 4 N–H and O–H groups in total. The van der Waals surface area contributed by atoms with Gasteiger partial charge in [-0.15, -0.1) is 0 Å². The summed E-state index contributed by atoms with van der Waals surface area (Å²) >= 11 is 0. The Hall–Kier alpha value is -1.14. The number of amides is 2. The zero-order valence-electron chi connectivity index (χ0n) is 8.63. The third-order valence-corrected chi connectivity index (χ3v) is 1.96. The van der Waals surface area contributed by atoms with Gasteiger partial charge in [-0.3, -0.25) is 15.0 Å². The molecule has 1 rings (SSSR count). The van der Waals surface area contributed by atoms with E-state index in [2.05, 4.69) is 10.7 Å². The van der Waals surface area contributed by atoms with E-state index in [1.54, 1.807) is 25.9 Å². The third kappa shape index (κ3) is 2.43. The number of hydrazine groups is 1. The molecule has 2 amide bonds. The van der Waals surface area contributed by atoms with E-state index in [4.69, 9.17) is 5.73 Å². The van der Waals surface area contributed by atoms with Crippen molar-refractivity contribution in [3.63, 3.8) is 0 Å². The number of hydrogen-bond acceptors (Lipinski definition) is 4. The summed E-state index contributed by atoms with van der Waals surface area (Å²) in [5.41, 5.74) is 7.19. The molecular weight excluding hydrogens is 184 g/mol. The van der Waals surface area contributed by atoms with Gasteiger partial charge in [0, 0.05) is 13.6 Å². The summed E-state index contributed by atoms with van der Waals surface area (Å²) in [6.45, 7) is 3.65. The predicted octanol–water partition coefficient (Wildman–Crippen LogP) is -1.81. The molecule has 1 fully saturated rings. The van der Waals surface area contributed by atoms with Crippen molar-refractivity contribution in [3.8, 4) is 0 Å². The Morgan fingerprint density at radius 3 is 2.64 bits per heavy atom. The van der Waals surface area contributed by atoms with Crippen LogP contribution in [0.3, 0.4) is 0 Å². The molecule has 0 aromatic carbocycles. The van der Waals surface area contributed by atoms with E-state index in [-0.39, 0.29) is 11.8 Å². The number of nitrogens with one attached hydrogen (secondary N) is 2. The Morgan fingerprint density at radius 1 is 1.71 bits per heavy atom. The van der Waals surface area contributed by atoms with Crippen LogP contribution in [0.15, 0.2) is 0 Å². The topological polar surface area (TPSA) is 87.5 Å². The molecule has 6 heteroatoms. The van der Waals surface area contributed by atoms with Crippen LogP contribution in [-0.4, -0.2) is 42.0 Å². The van der Waals surface area contributed by atoms with Crippen LogP contribution >= 0.6 is 0 Å². The first-order chi connectivity index (χ1) is 6.30. The Kier molecular flexibility index (Phi) is 2.77. The second kappa shape index (κ2) is 3.55. The van der Waals surface area contributed by atoms with Crippen LogP contribution in [0, 0.1) is 0 Å². The van der Waals surface area contributed by atoms with Crippen LogP contribution in [0.5, 0.6) is 0 Å². The van der Waals surface area contributed by atoms with Crippen molar-refractivity contribution in [1.82, 2.24) is 15.8 Å². The summed E-state index contributed by atoms with van der Waals surface area (Å²) in [7, 11) is 1.73. The summed E-state index contributed by atoms with van der Waals surface area (Å²) < 4.78 is 0. The molecule has 0 radical (unpaired) electrons. The molecule has 0 bridgehead atoms. The molecule has 0 aliphatic carbocycles. The van der Waals surface area contributed by atoms with Crippen molar-refractivity contribution >= 4 is 11.8 Å². The number of carbonyl (C=O) groups is 2. The van der Waals surface area contributed by atoms with Crippen LogP contribution in [0.25, 0.3) is 0 Å². The van der Waals surface area contributed by atoms with Crippen LogP contribution < -0.4 is 16.5 Å². The van der Waals surface area contributed by atoms with Gasteiger partial charge in [-0.25, -0.2) is 5.01 Å². The molecular formula is C8H16N4O2. The van der Waals surface area contributed by atoms with Crippen molar-refractivity contribution < 1.29 is 9.59 Å². The Morgan fingerprint density at radius 2 is 2.29 bits per heavy atom. The van der Waals surface area contributed by atoms with Gasteiger partial charge < -0.3 is 11.1 Å². The van der Waals surface area contributed by atoms with Gasteiger partial charge in [-0.1, -0.05) is 0 Å². The maximum absolute atomic E-state index is 11.4. The second-order valence-electron chi connectivity index (χ2n) is 4.10. The van der Waals surface area contributed by atoms with Crippen molar-refractivity contribution in [2.24, 2.45) is 5.73 Å². The number of carbonyl (C=O) groups excluding carboxylic acids is 2. The minimum Gasteiger partial charge on any atom is -0.341 e. The third-order valence-electron chi connectivity index (χ3n) is 1.96. The van der Waals surface area contributed by atoms with Gasteiger partial charge >= 0.3 is 0 Å². The zero-order chi connectivity index (χ0) is 10.9. The van der Waals surface area contributed by atoms with Crippen molar-refractivity contribution in [1.29, 1.82) is 0 Å². The molecule has 6 nitrogen and oxygen atoms in total. The number of rotatable bonds is 2. The first kappa shape index (κ1) is 10.9. The number of likely N-dealkylation sites (N-methyl/N-ethyl adjacent to an activating group) is 1. The average molecular weight is 200 g/mol. The van der Waals surface area contributed by atoms with Gasteiger partial charge in [0.05, 0.1) is 5.54 Å². The van der Waals surface area contributed by atoms with Gasteiger partial charge in [0.2, 0.25) is 5.91 Å². The minimum atomic E-state index is -0.957. The van der Waals surface area contributed by atoms with Crippen LogP contribution in [-0.2, 0) is 9.59 Å². The molecule has 1 heterocycles. The summed E-state index contributed by atoms with van der Waals surface area (Å²) in [5, 5.41) is 4.20. The SMILES string of the molecule is CN1CC(NC(=O)C(C)(C)N)C(=O)N1. The molecule has 0 saturated carbocycles. The maximum atomic E-state index is 11.4. The van der Waals surface area contributed by atoms with E-state index >= 15 is 0 Å². The number of nitrogens with zero attached hydrogens (tertiary/aromatic N) is 1. The van der Waals surface area contributed by atoms with Crippen LogP contribution in [0.4, 0.5) is 0 Å². The quantitative estimate of drug-likeness (QED) is 0.490. The number of nitrogens with two attached hydrogens (primary N) is 1. The standard InChI is InChI=1S/C8H16N4O2/c1-8(2,9)7(14)10-5-4-12(3)11-6(5)13/h5H,4,9H2,1-3H3,(H,10,14)(H,11,13). The molecule has 1 saturated heterocycles. The fourth-order valence-electron chi connectivity index (χ4n) is 1.12. The Bertz CT molecular complexity index is 259. The summed E-state index contributed by atoms with van der Waals surface area (Å²) in [4.78, 5) is 22.7. The molecule has 0 aromatic heterocycles. The van der Waals surface area contributed by atoms with E-state index in [1.165, 1.54) is 0 Å². The highest BCUT2D eigenvalue weighted by molar-refractivity contribution is 5.92. The van der Waals surface area contributed by atoms with E-state index in [0.29, 0.717) is 6.54 Å². The lowest BCUT2D eigenvalue weighted by Gasteiger charge is -2.19. The predicted molar refractivity (Wildman–Crippen MR) is 51.0 cm³/mol. The molecule has 0 spiro atoms. The van der Waals surface area contributed by atoms with E-state index < -0.39 is 11.6 Å². The first-order valence-electron chi connectivity index (χ1n) is 4.42. The zero-order valence-corrected chi connectivity index (χ0v) is 8.63. The van der Waals surface area contributed by atoms with Crippen molar-refractivity contribution in [3.05, 3.63) is 0 Å². The fourth-order valence-corrected chi connectivity index (χ4v) is 1.12. The first-order valence-corrected chi connectivity index (χ1v) is 4.42. The smallest absolute Gasteiger partial charge is 0.258 e. The molecule has 1 atom stereocenters. The average Bonchev–Trinajstić information content (AvgIpc) is 2.28. The lowest BCUT2D eigenvalue weighted by Crippen LogP contribution is -2.54. The van der Waals surface area contributed by atoms with Crippen LogP contribution in [0.2, 0.25) is 0 Å². The van der Waals surface area contributed by atoms with Gasteiger partial charge in [0.15, 0.2) is 0 Å². The highest BCUT2D eigenvalue weighted by Crippen LogP contribution is 2.01. The van der Waals surface area contributed by atoms with E-state index in [0.717, 1.165) is 0 Å². The molecule has 1 aliphatic rings. The molecule has 1 aliphatic heterocycles. The second-order valence-corrected chi connectivity index (χ2v) is 4.10. The highest BCUT2D eigenvalue weighted by Gasteiger charge is 2.32. The van der Waals surface area contributed by atoms with Gasteiger partial charge in [0.25, 0.3) is 5.91 Å². The minimum absolute atomic E-state index is 0.204. The van der Waals surface area contributed by atoms with E-state index in [1.807, 2.05) is 0 Å². The van der Waals surface area contributed by atoms with Crippen LogP contribution in [0.1, 0.15) is 13.8 Å². The largest absolute Gasteiger partial charge is 0.341 e. The summed E-state index contributed by atoms with van der Waals surface area (Å²) in [5.74, 6) is -0.530. The van der Waals surface area contributed by atoms with E-state index in [9.17, 15) is 9.59 Å². The molecule has 80 valence electrons. The summed E-state index contributed by atoms with van der Waals surface area (Å²) in [6.07, 6.45) is 0. The van der Waals surface area contributed by atoms with Crippen molar-refractivity contribution in [2.45, 2.75) is 25.4 Å².